The molecule has 1 aromatic rings. The lowest BCUT2D eigenvalue weighted by molar-refractivity contribution is -0.121. The van der Waals surface area contributed by atoms with Crippen molar-refractivity contribution in [2.24, 2.45) is 5.92 Å². The van der Waals surface area contributed by atoms with Gasteiger partial charge in [0.1, 0.15) is 6.04 Å². The summed E-state index contributed by atoms with van der Waals surface area (Å²) in [5, 5.41) is 5.86. The zero-order valence-electron chi connectivity index (χ0n) is 12.9. The maximum atomic E-state index is 11.9. The molecule has 0 aliphatic rings. The van der Waals surface area contributed by atoms with Crippen molar-refractivity contribution in [2.75, 3.05) is 18.5 Å². The fraction of sp³-hybridized carbons (Fsp3) is 0.643. The zero-order valence-corrected chi connectivity index (χ0v) is 12.9. The highest BCUT2D eigenvalue weighted by atomic mass is 16.5. The van der Waals surface area contributed by atoms with Crippen molar-refractivity contribution in [1.82, 2.24) is 15.3 Å². The highest BCUT2D eigenvalue weighted by Gasteiger charge is 2.14. The van der Waals surface area contributed by atoms with E-state index in [2.05, 4.69) is 34.4 Å². The topological polar surface area (TPSA) is 76.1 Å². The van der Waals surface area contributed by atoms with E-state index in [4.69, 9.17) is 4.74 Å². The number of hydrogen-bond donors (Lipinski definition) is 2. The quantitative estimate of drug-likeness (QED) is 0.796. The van der Waals surface area contributed by atoms with Gasteiger partial charge < -0.3 is 15.4 Å². The molecule has 0 saturated carbocycles. The summed E-state index contributed by atoms with van der Waals surface area (Å²) in [7, 11) is 0. The van der Waals surface area contributed by atoms with Crippen LogP contribution in [-0.4, -0.2) is 35.1 Å². The Labute approximate surface area is 120 Å². The molecule has 0 spiro atoms. The van der Waals surface area contributed by atoms with Gasteiger partial charge in [-0.15, -0.1) is 0 Å². The van der Waals surface area contributed by atoms with Crippen LogP contribution in [0.15, 0.2) is 6.07 Å². The number of carbonyl (C=O) groups is 1. The predicted molar refractivity (Wildman–Crippen MR) is 78.9 cm³/mol. The monoisotopic (exact) mass is 280 g/mol. The SMILES string of the molecule is CCOc1cc(C)nc(NC(C)C(=O)NCC(C)C)n1. The van der Waals surface area contributed by atoms with Gasteiger partial charge in [-0.3, -0.25) is 4.79 Å². The Hall–Kier alpha value is -1.85. The van der Waals surface area contributed by atoms with Crippen LogP contribution < -0.4 is 15.4 Å². The second-order valence-corrected chi connectivity index (χ2v) is 5.11. The van der Waals surface area contributed by atoms with Gasteiger partial charge in [-0.1, -0.05) is 13.8 Å². The molecule has 1 unspecified atom stereocenters. The Morgan fingerprint density at radius 2 is 2.05 bits per heavy atom. The van der Waals surface area contributed by atoms with Gasteiger partial charge in [0.05, 0.1) is 6.61 Å². The number of rotatable bonds is 7. The third-order valence-corrected chi connectivity index (χ3v) is 2.55. The van der Waals surface area contributed by atoms with Crippen molar-refractivity contribution in [3.8, 4) is 5.88 Å². The molecule has 1 atom stereocenters. The first-order chi connectivity index (χ1) is 9.42. The number of nitrogens with one attached hydrogen (secondary N) is 2. The first-order valence-corrected chi connectivity index (χ1v) is 6.95. The zero-order chi connectivity index (χ0) is 15.1. The molecule has 0 aromatic carbocycles. The second kappa shape index (κ2) is 7.67. The van der Waals surface area contributed by atoms with Crippen molar-refractivity contribution < 1.29 is 9.53 Å². The van der Waals surface area contributed by atoms with E-state index in [9.17, 15) is 4.79 Å². The summed E-state index contributed by atoms with van der Waals surface area (Å²) in [6, 6.07) is 1.36. The van der Waals surface area contributed by atoms with Crippen molar-refractivity contribution in [3.63, 3.8) is 0 Å². The number of amides is 1. The molecule has 1 aromatic heterocycles. The molecular formula is C14H24N4O2. The molecule has 0 aliphatic carbocycles. The van der Waals surface area contributed by atoms with Crippen LogP contribution in [-0.2, 0) is 4.79 Å². The minimum absolute atomic E-state index is 0.0678. The van der Waals surface area contributed by atoms with Crippen molar-refractivity contribution in [3.05, 3.63) is 11.8 Å². The third kappa shape index (κ3) is 5.42. The highest BCUT2D eigenvalue weighted by Crippen LogP contribution is 2.12. The number of nitrogens with zero attached hydrogens (tertiary/aromatic N) is 2. The summed E-state index contributed by atoms with van der Waals surface area (Å²) < 4.78 is 5.36. The van der Waals surface area contributed by atoms with Crippen LogP contribution in [0.25, 0.3) is 0 Å². The van der Waals surface area contributed by atoms with Crippen LogP contribution in [0.5, 0.6) is 5.88 Å². The van der Waals surface area contributed by atoms with Gasteiger partial charge in [0.2, 0.25) is 17.7 Å². The number of hydrogen-bond acceptors (Lipinski definition) is 5. The van der Waals surface area contributed by atoms with Gasteiger partial charge in [-0.05, 0) is 26.7 Å². The summed E-state index contributed by atoms with van der Waals surface area (Å²) in [5.74, 6) is 1.27. The molecule has 20 heavy (non-hydrogen) atoms. The lowest BCUT2D eigenvalue weighted by Crippen LogP contribution is -2.39. The highest BCUT2D eigenvalue weighted by molar-refractivity contribution is 5.83. The van der Waals surface area contributed by atoms with Gasteiger partial charge in [-0.25, -0.2) is 4.98 Å². The van der Waals surface area contributed by atoms with Crippen molar-refractivity contribution in [1.29, 1.82) is 0 Å². The molecule has 2 N–H and O–H groups in total. The Morgan fingerprint density at radius 1 is 1.35 bits per heavy atom. The Balaban J connectivity index is 2.65. The molecule has 0 fully saturated rings. The molecule has 112 valence electrons. The number of aromatic nitrogens is 2. The van der Waals surface area contributed by atoms with Gasteiger partial charge in [-0.2, -0.15) is 4.98 Å². The van der Waals surface area contributed by atoms with E-state index < -0.39 is 6.04 Å². The molecule has 0 saturated heterocycles. The number of anilines is 1. The van der Waals surface area contributed by atoms with E-state index >= 15 is 0 Å². The largest absolute Gasteiger partial charge is 0.478 e. The fourth-order valence-corrected chi connectivity index (χ4v) is 1.54. The normalized spacial score (nSPS) is 12.1. The van der Waals surface area contributed by atoms with Crippen molar-refractivity contribution >= 4 is 11.9 Å². The fourth-order valence-electron chi connectivity index (χ4n) is 1.54. The van der Waals surface area contributed by atoms with Crippen LogP contribution in [0.3, 0.4) is 0 Å². The van der Waals surface area contributed by atoms with Crippen LogP contribution in [0.4, 0.5) is 5.95 Å². The smallest absolute Gasteiger partial charge is 0.242 e. The molecule has 0 bridgehead atoms. The molecule has 1 amide bonds. The van der Waals surface area contributed by atoms with Gasteiger partial charge in [0, 0.05) is 18.3 Å². The number of ether oxygens (including phenoxy) is 1. The number of carbonyl (C=O) groups excluding carboxylic acids is 1. The molecule has 1 heterocycles. The Bertz CT molecular complexity index is 449. The maximum Gasteiger partial charge on any atom is 0.242 e. The number of aryl methyl sites for hydroxylation is 1. The van der Waals surface area contributed by atoms with E-state index in [-0.39, 0.29) is 5.91 Å². The minimum atomic E-state index is -0.398. The first kappa shape index (κ1) is 16.2. The van der Waals surface area contributed by atoms with Gasteiger partial charge in [0.15, 0.2) is 0 Å². The average molecular weight is 280 g/mol. The summed E-state index contributed by atoms with van der Waals surface area (Å²) in [6.45, 7) is 10.8. The lowest BCUT2D eigenvalue weighted by atomic mass is 10.2. The summed E-state index contributed by atoms with van der Waals surface area (Å²) in [6.07, 6.45) is 0. The van der Waals surface area contributed by atoms with Crippen LogP contribution in [0.1, 0.15) is 33.4 Å². The van der Waals surface area contributed by atoms with Crippen LogP contribution in [0.2, 0.25) is 0 Å². The molecule has 1 rings (SSSR count). The average Bonchev–Trinajstić information content (AvgIpc) is 2.35. The summed E-state index contributed by atoms with van der Waals surface area (Å²) in [5.41, 5.74) is 0.792. The predicted octanol–water partition coefficient (Wildman–Crippen LogP) is 1.76. The van der Waals surface area contributed by atoms with Gasteiger partial charge >= 0.3 is 0 Å². The standard InChI is InChI=1S/C14H24N4O2/c1-6-20-12-7-10(4)16-14(18-12)17-11(5)13(19)15-8-9(2)3/h7,9,11H,6,8H2,1-5H3,(H,15,19)(H,16,17,18). The Morgan fingerprint density at radius 3 is 2.65 bits per heavy atom. The summed E-state index contributed by atoms with van der Waals surface area (Å²) in [4.78, 5) is 20.4. The van der Waals surface area contributed by atoms with Gasteiger partial charge in [0.25, 0.3) is 0 Å². The molecule has 0 aliphatic heterocycles. The first-order valence-electron chi connectivity index (χ1n) is 6.95. The Kier molecular flexibility index (Phi) is 6.21. The minimum Gasteiger partial charge on any atom is -0.478 e. The van der Waals surface area contributed by atoms with Crippen molar-refractivity contribution in [2.45, 2.75) is 40.7 Å². The second-order valence-electron chi connectivity index (χ2n) is 5.11. The van der Waals surface area contributed by atoms with Crippen LogP contribution >= 0.6 is 0 Å². The molecule has 0 radical (unpaired) electrons. The van der Waals surface area contributed by atoms with E-state index in [1.807, 2.05) is 13.8 Å². The van der Waals surface area contributed by atoms with E-state index in [0.717, 1.165) is 5.69 Å². The molecule has 6 nitrogen and oxygen atoms in total. The van der Waals surface area contributed by atoms with Crippen LogP contribution in [0, 0.1) is 12.8 Å². The lowest BCUT2D eigenvalue weighted by Gasteiger charge is -2.15. The molecular weight excluding hydrogens is 256 g/mol. The van der Waals surface area contributed by atoms with E-state index in [1.165, 1.54) is 0 Å². The molecule has 6 heteroatoms. The van der Waals surface area contributed by atoms with E-state index in [0.29, 0.717) is 30.9 Å². The third-order valence-electron chi connectivity index (χ3n) is 2.55. The maximum absolute atomic E-state index is 11.9. The summed E-state index contributed by atoms with van der Waals surface area (Å²) >= 11 is 0. The van der Waals surface area contributed by atoms with E-state index in [1.54, 1.807) is 13.0 Å².